The Balaban J connectivity index is 1.34. The molecule has 7 rings (SSSR count). The van der Waals surface area contributed by atoms with Gasteiger partial charge >= 0.3 is 0 Å². The fraction of sp³-hybridized carbons (Fsp3) is 0.519. The summed E-state index contributed by atoms with van der Waals surface area (Å²) in [5, 5.41) is 3.72. The molecule has 3 nitrogen and oxygen atoms in total. The van der Waals surface area contributed by atoms with Crippen molar-refractivity contribution in [3.8, 4) is 0 Å². The number of carbonyl (C=O) groups excluding carboxylic acids is 1. The van der Waals surface area contributed by atoms with Gasteiger partial charge in [0.05, 0.1) is 11.5 Å². The van der Waals surface area contributed by atoms with Gasteiger partial charge in [-0.15, -0.1) is 0 Å². The molecule has 30 heavy (non-hydrogen) atoms. The van der Waals surface area contributed by atoms with Crippen LogP contribution in [0.1, 0.15) is 63.5 Å². The average molecular weight is 401 g/mol. The maximum Gasteiger partial charge on any atom is 0.233 e. The van der Waals surface area contributed by atoms with Crippen molar-refractivity contribution in [2.75, 3.05) is 10.2 Å². The second-order valence-corrected chi connectivity index (χ2v) is 10.6. The molecule has 4 bridgehead atoms. The third-order valence-corrected chi connectivity index (χ3v) is 8.41. The first-order valence-corrected chi connectivity index (χ1v) is 11.9. The van der Waals surface area contributed by atoms with Crippen LogP contribution in [0, 0.1) is 23.2 Å². The highest BCUT2D eigenvalue weighted by molar-refractivity contribution is 5.99. The van der Waals surface area contributed by atoms with E-state index in [4.69, 9.17) is 0 Å². The van der Waals surface area contributed by atoms with Crippen LogP contribution in [0.4, 0.5) is 11.4 Å². The van der Waals surface area contributed by atoms with Crippen LogP contribution in [0.5, 0.6) is 0 Å². The predicted molar refractivity (Wildman–Crippen MR) is 121 cm³/mol. The zero-order valence-electron chi connectivity index (χ0n) is 17.9. The largest absolute Gasteiger partial charge is 0.378 e. The van der Waals surface area contributed by atoms with E-state index in [1.165, 1.54) is 24.8 Å². The number of hydrogen-bond acceptors (Lipinski definition) is 2. The third kappa shape index (κ3) is 2.89. The second-order valence-electron chi connectivity index (χ2n) is 10.6. The normalized spacial score (nSPS) is 36.4. The second kappa shape index (κ2) is 6.87. The van der Waals surface area contributed by atoms with E-state index in [2.05, 4.69) is 71.7 Å². The topological polar surface area (TPSA) is 32.3 Å². The van der Waals surface area contributed by atoms with Gasteiger partial charge in [0, 0.05) is 17.4 Å². The summed E-state index contributed by atoms with van der Waals surface area (Å²) in [6.07, 6.45) is 8.48. The third-order valence-electron chi connectivity index (χ3n) is 8.41. The zero-order chi connectivity index (χ0) is 20.3. The Bertz CT molecular complexity index is 917. The number of amides is 1. The van der Waals surface area contributed by atoms with Gasteiger partial charge in [0.25, 0.3) is 0 Å². The molecule has 4 saturated carbocycles. The molecule has 1 aliphatic heterocycles. The van der Waals surface area contributed by atoms with Gasteiger partial charge < -0.3 is 10.2 Å². The molecule has 2 unspecified atom stereocenters. The van der Waals surface area contributed by atoms with Crippen molar-refractivity contribution < 1.29 is 4.79 Å². The number of benzene rings is 2. The van der Waals surface area contributed by atoms with Gasteiger partial charge in [0.15, 0.2) is 0 Å². The molecular weight excluding hydrogens is 368 g/mol. The summed E-state index contributed by atoms with van der Waals surface area (Å²) in [5.41, 5.74) is 3.45. The Morgan fingerprint density at radius 1 is 0.867 bits per heavy atom. The first-order valence-electron chi connectivity index (χ1n) is 11.9. The van der Waals surface area contributed by atoms with Crippen molar-refractivity contribution in [2.24, 2.45) is 23.2 Å². The Labute approximate surface area is 179 Å². The van der Waals surface area contributed by atoms with Gasteiger partial charge in [-0.3, -0.25) is 4.79 Å². The van der Waals surface area contributed by atoms with Crippen LogP contribution >= 0.6 is 0 Å². The summed E-state index contributed by atoms with van der Waals surface area (Å²) in [5.74, 6) is 2.81. The molecular formula is C27H32N2O. The summed E-state index contributed by atoms with van der Waals surface area (Å²) in [6, 6.07) is 19.5. The van der Waals surface area contributed by atoms with E-state index in [9.17, 15) is 4.79 Å². The number of para-hydroxylation sites is 2. The number of rotatable bonds is 3. The van der Waals surface area contributed by atoms with Gasteiger partial charge in [0.2, 0.25) is 5.91 Å². The Morgan fingerprint density at radius 2 is 1.47 bits per heavy atom. The number of nitrogens with one attached hydrogen (secondary N) is 1. The van der Waals surface area contributed by atoms with E-state index >= 15 is 0 Å². The lowest BCUT2D eigenvalue weighted by Crippen LogP contribution is -2.57. The first-order chi connectivity index (χ1) is 14.6. The number of hydrogen-bond donors (Lipinski definition) is 1. The molecule has 1 N–H and O–H groups in total. The number of anilines is 2. The number of carbonyl (C=O) groups is 1. The molecule has 5 aliphatic rings. The van der Waals surface area contributed by atoms with E-state index in [-0.39, 0.29) is 17.5 Å². The van der Waals surface area contributed by atoms with Crippen LogP contribution in [-0.4, -0.2) is 11.9 Å². The minimum atomic E-state index is -0.0875. The van der Waals surface area contributed by atoms with Crippen molar-refractivity contribution in [3.05, 3.63) is 60.2 Å². The van der Waals surface area contributed by atoms with Gasteiger partial charge in [-0.1, -0.05) is 36.4 Å². The minimum Gasteiger partial charge on any atom is -0.378 e. The highest BCUT2D eigenvalue weighted by Crippen LogP contribution is 2.61. The van der Waals surface area contributed by atoms with E-state index in [1.807, 2.05) is 0 Å². The summed E-state index contributed by atoms with van der Waals surface area (Å²) >= 11 is 0. The van der Waals surface area contributed by atoms with Crippen LogP contribution in [0.25, 0.3) is 0 Å². The molecule has 2 atom stereocenters. The smallest absolute Gasteiger partial charge is 0.233 e. The Hall–Kier alpha value is -2.29. The molecule has 1 heterocycles. The van der Waals surface area contributed by atoms with Crippen LogP contribution in [-0.2, 0) is 4.79 Å². The molecule has 0 aromatic heterocycles. The minimum absolute atomic E-state index is 0.0875. The van der Waals surface area contributed by atoms with Crippen molar-refractivity contribution in [1.29, 1.82) is 0 Å². The summed E-state index contributed by atoms with van der Waals surface area (Å²) < 4.78 is 0. The van der Waals surface area contributed by atoms with E-state index < -0.39 is 0 Å². The molecule has 2 aromatic carbocycles. The molecule has 3 heteroatoms. The quantitative estimate of drug-likeness (QED) is 0.667. The first kappa shape index (κ1) is 18.5. The van der Waals surface area contributed by atoms with Gasteiger partial charge in [-0.25, -0.2) is 0 Å². The maximum atomic E-state index is 14.2. The summed E-state index contributed by atoms with van der Waals surface area (Å²) in [4.78, 5) is 16.4. The Kier molecular flexibility index (Phi) is 4.23. The predicted octanol–water partition coefficient (Wildman–Crippen LogP) is 6.18. The van der Waals surface area contributed by atoms with Crippen molar-refractivity contribution in [3.63, 3.8) is 0 Å². The fourth-order valence-corrected chi connectivity index (χ4v) is 7.62. The van der Waals surface area contributed by atoms with Crippen LogP contribution < -0.4 is 10.2 Å². The monoisotopic (exact) mass is 400 g/mol. The van der Waals surface area contributed by atoms with Gasteiger partial charge in [-0.2, -0.15) is 0 Å². The standard InChI is InChI=1S/C27H32N2O/c1-18-11-24(28-22-7-3-2-4-8-22)23-9-5-6-10-25(23)29(18)26(30)27-15-19-12-20(16-27)14-21(13-19)17-27/h2-10,18-21,24,28H,11-17H2,1H3. The molecule has 2 aromatic rings. The van der Waals surface area contributed by atoms with Crippen LogP contribution in [0.15, 0.2) is 54.6 Å². The van der Waals surface area contributed by atoms with Crippen LogP contribution in [0.3, 0.4) is 0 Å². The fourth-order valence-electron chi connectivity index (χ4n) is 7.62. The highest BCUT2D eigenvalue weighted by atomic mass is 16.2. The highest BCUT2D eigenvalue weighted by Gasteiger charge is 2.56. The number of fused-ring (bicyclic) bond motifs is 1. The lowest BCUT2D eigenvalue weighted by molar-refractivity contribution is -0.144. The molecule has 1 amide bonds. The molecule has 0 radical (unpaired) electrons. The lowest BCUT2D eigenvalue weighted by Gasteiger charge is -2.57. The summed E-state index contributed by atoms with van der Waals surface area (Å²) in [6.45, 7) is 2.24. The molecule has 4 fully saturated rings. The maximum absolute atomic E-state index is 14.2. The van der Waals surface area contributed by atoms with Crippen molar-refractivity contribution >= 4 is 17.3 Å². The van der Waals surface area contributed by atoms with E-state index in [0.29, 0.717) is 5.91 Å². The molecule has 156 valence electrons. The van der Waals surface area contributed by atoms with Crippen molar-refractivity contribution in [1.82, 2.24) is 0 Å². The van der Waals surface area contributed by atoms with Gasteiger partial charge in [0.1, 0.15) is 0 Å². The van der Waals surface area contributed by atoms with E-state index in [0.717, 1.165) is 54.8 Å². The van der Waals surface area contributed by atoms with Crippen LogP contribution in [0.2, 0.25) is 0 Å². The van der Waals surface area contributed by atoms with E-state index in [1.54, 1.807) is 0 Å². The Morgan fingerprint density at radius 3 is 2.13 bits per heavy atom. The van der Waals surface area contributed by atoms with Crippen molar-refractivity contribution in [2.45, 2.75) is 64.0 Å². The average Bonchev–Trinajstić information content (AvgIpc) is 2.73. The van der Waals surface area contributed by atoms with Gasteiger partial charge in [-0.05, 0) is 93.4 Å². The SMILES string of the molecule is CC1CC(Nc2ccccc2)c2ccccc2N1C(=O)C12CC3CC(CC(C3)C1)C2. The summed E-state index contributed by atoms with van der Waals surface area (Å²) in [7, 11) is 0. The molecule has 0 spiro atoms. The lowest BCUT2D eigenvalue weighted by atomic mass is 9.49. The zero-order valence-corrected chi connectivity index (χ0v) is 17.9. The molecule has 4 aliphatic carbocycles. The number of nitrogens with zero attached hydrogens (tertiary/aromatic N) is 1. The molecule has 0 saturated heterocycles.